The molecule has 5 heteroatoms. The lowest BCUT2D eigenvalue weighted by molar-refractivity contribution is 1.20. The van der Waals surface area contributed by atoms with Gasteiger partial charge < -0.3 is 11.1 Å². The lowest BCUT2D eigenvalue weighted by Crippen LogP contribution is -2.12. The van der Waals surface area contributed by atoms with Crippen LogP contribution in [-0.4, -0.2) is 9.97 Å². The molecular formula is C13H12BrN3S. The van der Waals surface area contributed by atoms with Gasteiger partial charge in [-0.05, 0) is 37.3 Å². The number of hydrogen-bond donors (Lipinski definition) is 2. The molecule has 0 amide bonds. The van der Waals surface area contributed by atoms with Gasteiger partial charge >= 0.3 is 0 Å². The van der Waals surface area contributed by atoms with Gasteiger partial charge in [-0.25, -0.2) is 0 Å². The summed E-state index contributed by atoms with van der Waals surface area (Å²) >= 11 is 8.49. The number of halogens is 1. The van der Waals surface area contributed by atoms with Crippen molar-refractivity contribution in [3.05, 3.63) is 52.3 Å². The second-order valence-corrected chi connectivity index (χ2v) is 5.17. The molecule has 0 saturated carbocycles. The molecule has 0 aliphatic heterocycles. The molecule has 0 spiro atoms. The largest absolute Gasteiger partial charge is 0.389 e. The summed E-state index contributed by atoms with van der Waals surface area (Å²) in [5.74, 6) is 0. The first-order valence-corrected chi connectivity index (χ1v) is 6.56. The van der Waals surface area contributed by atoms with Gasteiger partial charge in [0.25, 0.3) is 0 Å². The SMILES string of the molecule is Cc1ncccc1Nc1cc(Br)ccc1C(N)=S. The topological polar surface area (TPSA) is 50.9 Å². The van der Waals surface area contributed by atoms with Crippen LogP contribution < -0.4 is 11.1 Å². The van der Waals surface area contributed by atoms with E-state index in [0.717, 1.165) is 27.1 Å². The summed E-state index contributed by atoms with van der Waals surface area (Å²) in [6.07, 6.45) is 1.76. The van der Waals surface area contributed by atoms with Crippen molar-refractivity contribution in [3.63, 3.8) is 0 Å². The van der Waals surface area contributed by atoms with Gasteiger partial charge in [-0.1, -0.05) is 28.1 Å². The molecule has 0 unspecified atom stereocenters. The standard InChI is InChI=1S/C13H12BrN3S/c1-8-11(3-2-6-16-8)17-12-7-9(14)4-5-10(12)13(15)18/h2-7,17H,1H3,(H2,15,18). The first kappa shape index (κ1) is 13.0. The molecule has 0 radical (unpaired) electrons. The van der Waals surface area contributed by atoms with Crippen LogP contribution >= 0.6 is 28.1 Å². The predicted octanol–water partition coefficient (Wildman–Crippen LogP) is 3.53. The Balaban J connectivity index is 2.42. The van der Waals surface area contributed by atoms with Crippen molar-refractivity contribution in [2.45, 2.75) is 6.92 Å². The Labute approximate surface area is 120 Å². The molecule has 1 aromatic heterocycles. The van der Waals surface area contributed by atoms with Crippen molar-refractivity contribution in [1.29, 1.82) is 0 Å². The molecule has 18 heavy (non-hydrogen) atoms. The smallest absolute Gasteiger partial charge is 0.106 e. The number of aromatic nitrogens is 1. The molecule has 0 aliphatic rings. The van der Waals surface area contributed by atoms with Crippen molar-refractivity contribution in [1.82, 2.24) is 4.98 Å². The Kier molecular flexibility index (Phi) is 3.93. The molecular weight excluding hydrogens is 310 g/mol. The van der Waals surface area contributed by atoms with Crippen LogP contribution in [0.4, 0.5) is 11.4 Å². The highest BCUT2D eigenvalue weighted by atomic mass is 79.9. The summed E-state index contributed by atoms with van der Waals surface area (Å²) in [6.45, 7) is 1.95. The van der Waals surface area contributed by atoms with Crippen LogP contribution in [-0.2, 0) is 0 Å². The monoisotopic (exact) mass is 321 g/mol. The van der Waals surface area contributed by atoms with Gasteiger partial charge in [0.15, 0.2) is 0 Å². The summed E-state index contributed by atoms with van der Waals surface area (Å²) in [6, 6.07) is 9.59. The number of nitrogens with two attached hydrogens (primary N) is 1. The van der Waals surface area contributed by atoms with Crippen LogP contribution in [0.1, 0.15) is 11.3 Å². The van der Waals surface area contributed by atoms with Crippen molar-refractivity contribution in [3.8, 4) is 0 Å². The average molecular weight is 322 g/mol. The maximum Gasteiger partial charge on any atom is 0.106 e. The zero-order valence-electron chi connectivity index (χ0n) is 9.77. The van der Waals surface area contributed by atoms with Crippen molar-refractivity contribution < 1.29 is 0 Å². The number of aryl methyl sites for hydroxylation is 1. The van der Waals surface area contributed by atoms with Gasteiger partial charge in [0.05, 0.1) is 11.4 Å². The molecule has 2 rings (SSSR count). The lowest BCUT2D eigenvalue weighted by Gasteiger charge is -2.13. The number of rotatable bonds is 3. The van der Waals surface area contributed by atoms with E-state index < -0.39 is 0 Å². The van der Waals surface area contributed by atoms with Crippen molar-refractivity contribution in [2.75, 3.05) is 5.32 Å². The minimum absolute atomic E-state index is 0.367. The Bertz CT molecular complexity index is 599. The van der Waals surface area contributed by atoms with Crippen LogP contribution in [0.15, 0.2) is 41.0 Å². The first-order valence-electron chi connectivity index (χ1n) is 5.36. The summed E-state index contributed by atoms with van der Waals surface area (Å²) in [5, 5.41) is 3.30. The fraction of sp³-hybridized carbons (Fsp3) is 0.0769. The molecule has 0 fully saturated rings. The first-order chi connectivity index (χ1) is 8.58. The predicted molar refractivity (Wildman–Crippen MR) is 82.3 cm³/mol. The zero-order valence-corrected chi connectivity index (χ0v) is 12.2. The average Bonchev–Trinajstić information content (AvgIpc) is 2.32. The molecule has 92 valence electrons. The number of benzene rings is 1. The molecule has 1 aromatic carbocycles. The van der Waals surface area contributed by atoms with Gasteiger partial charge in [-0.3, -0.25) is 4.98 Å². The van der Waals surface area contributed by atoms with E-state index in [2.05, 4.69) is 26.2 Å². The van der Waals surface area contributed by atoms with Crippen molar-refractivity contribution >= 4 is 44.5 Å². The maximum atomic E-state index is 5.72. The summed E-state index contributed by atoms with van der Waals surface area (Å²) in [7, 11) is 0. The number of nitrogens with one attached hydrogen (secondary N) is 1. The van der Waals surface area contributed by atoms with E-state index >= 15 is 0 Å². The fourth-order valence-electron chi connectivity index (χ4n) is 1.60. The van der Waals surface area contributed by atoms with E-state index in [-0.39, 0.29) is 0 Å². The second kappa shape index (κ2) is 5.46. The number of nitrogens with zero attached hydrogens (tertiary/aromatic N) is 1. The number of anilines is 2. The Hall–Kier alpha value is -1.46. The van der Waals surface area contributed by atoms with E-state index in [1.807, 2.05) is 37.3 Å². The van der Waals surface area contributed by atoms with Gasteiger partial charge in [-0.15, -0.1) is 0 Å². The van der Waals surface area contributed by atoms with Gasteiger partial charge in [0.1, 0.15) is 4.99 Å². The van der Waals surface area contributed by atoms with Crippen LogP contribution in [0.25, 0.3) is 0 Å². The molecule has 3 N–H and O–H groups in total. The summed E-state index contributed by atoms with van der Waals surface area (Å²) in [5.41, 5.74) is 9.26. The highest BCUT2D eigenvalue weighted by Gasteiger charge is 2.07. The van der Waals surface area contributed by atoms with E-state index in [4.69, 9.17) is 18.0 Å². The molecule has 2 aromatic rings. The fourth-order valence-corrected chi connectivity index (χ4v) is 2.14. The van der Waals surface area contributed by atoms with Gasteiger partial charge in [0.2, 0.25) is 0 Å². The number of thiocarbonyl (C=S) groups is 1. The quantitative estimate of drug-likeness (QED) is 0.849. The zero-order chi connectivity index (χ0) is 13.1. The van der Waals surface area contributed by atoms with Gasteiger partial charge in [-0.2, -0.15) is 0 Å². The lowest BCUT2D eigenvalue weighted by atomic mass is 10.1. The van der Waals surface area contributed by atoms with Crippen LogP contribution in [0.3, 0.4) is 0 Å². The van der Waals surface area contributed by atoms with Gasteiger partial charge in [0, 0.05) is 21.9 Å². The van der Waals surface area contributed by atoms with Crippen LogP contribution in [0.2, 0.25) is 0 Å². The third-order valence-electron chi connectivity index (χ3n) is 2.52. The molecule has 1 heterocycles. The van der Waals surface area contributed by atoms with E-state index in [9.17, 15) is 0 Å². The molecule has 3 nitrogen and oxygen atoms in total. The molecule has 0 bridgehead atoms. The maximum absolute atomic E-state index is 5.72. The second-order valence-electron chi connectivity index (χ2n) is 3.82. The molecule has 0 atom stereocenters. The molecule has 0 aliphatic carbocycles. The third kappa shape index (κ3) is 2.86. The minimum atomic E-state index is 0.367. The number of pyridine rings is 1. The molecule has 0 saturated heterocycles. The summed E-state index contributed by atoms with van der Waals surface area (Å²) in [4.78, 5) is 4.60. The minimum Gasteiger partial charge on any atom is -0.389 e. The highest BCUT2D eigenvalue weighted by molar-refractivity contribution is 9.10. The highest BCUT2D eigenvalue weighted by Crippen LogP contribution is 2.26. The van der Waals surface area contributed by atoms with Crippen LogP contribution in [0.5, 0.6) is 0 Å². The van der Waals surface area contributed by atoms with Crippen molar-refractivity contribution in [2.24, 2.45) is 5.73 Å². The Morgan fingerprint density at radius 1 is 1.33 bits per heavy atom. The van der Waals surface area contributed by atoms with E-state index in [1.54, 1.807) is 6.20 Å². The van der Waals surface area contributed by atoms with E-state index in [0.29, 0.717) is 4.99 Å². The Morgan fingerprint density at radius 2 is 2.11 bits per heavy atom. The number of hydrogen-bond acceptors (Lipinski definition) is 3. The summed E-state index contributed by atoms with van der Waals surface area (Å²) < 4.78 is 0.964. The van der Waals surface area contributed by atoms with Crippen LogP contribution in [0, 0.1) is 6.92 Å². The normalized spacial score (nSPS) is 10.1. The third-order valence-corrected chi connectivity index (χ3v) is 3.24. The Morgan fingerprint density at radius 3 is 2.78 bits per heavy atom. The van der Waals surface area contributed by atoms with E-state index in [1.165, 1.54) is 0 Å².